The van der Waals surface area contributed by atoms with Crippen molar-refractivity contribution in [2.24, 2.45) is 0 Å². The minimum atomic E-state index is -0.423. The number of nitrogens with zero attached hydrogens (tertiary/aromatic N) is 2. The van der Waals surface area contributed by atoms with Crippen LogP contribution in [0.2, 0.25) is 0 Å². The van der Waals surface area contributed by atoms with Crippen LogP contribution in [0.1, 0.15) is 37.3 Å². The van der Waals surface area contributed by atoms with E-state index in [0.717, 1.165) is 35.4 Å². The highest BCUT2D eigenvalue weighted by molar-refractivity contribution is 5.78. The van der Waals surface area contributed by atoms with E-state index < -0.39 is 6.10 Å². The minimum Gasteiger partial charge on any atom is -0.454 e. The molecule has 0 saturated heterocycles. The molecule has 1 atom stereocenters. The fourth-order valence-corrected chi connectivity index (χ4v) is 4.01. The summed E-state index contributed by atoms with van der Waals surface area (Å²) in [5, 5.41) is 10.4. The zero-order chi connectivity index (χ0) is 20.2. The van der Waals surface area contributed by atoms with E-state index in [1.54, 1.807) is 0 Å². The van der Waals surface area contributed by atoms with E-state index in [2.05, 4.69) is 11.8 Å². The van der Waals surface area contributed by atoms with Crippen LogP contribution in [0.3, 0.4) is 0 Å². The molecule has 0 saturated carbocycles. The molecule has 0 aromatic heterocycles. The number of ether oxygens (including phenoxy) is 2. The predicted molar refractivity (Wildman–Crippen MR) is 111 cm³/mol. The maximum atomic E-state index is 13.0. The van der Waals surface area contributed by atoms with Crippen molar-refractivity contribution in [3.63, 3.8) is 0 Å². The Morgan fingerprint density at radius 3 is 2.62 bits per heavy atom. The number of fused-ring (bicyclic) bond motifs is 2. The van der Waals surface area contributed by atoms with Crippen molar-refractivity contribution in [3.8, 4) is 11.5 Å². The first-order valence-electron chi connectivity index (χ1n) is 10.3. The van der Waals surface area contributed by atoms with E-state index in [4.69, 9.17) is 9.47 Å². The first-order chi connectivity index (χ1) is 14.1. The summed E-state index contributed by atoms with van der Waals surface area (Å²) < 4.78 is 11.2. The Bertz CT molecular complexity index is 855. The fourth-order valence-electron chi connectivity index (χ4n) is 4.01. The lowest BCUT2D eigenvalue weighted by Gasteiger charge is -2.34. The number of benzene rings is 2. The number of carbonyl (C=O) groups is 1. The number of aliphatic hydroxyl groups excluding tert-OH is 1. The van der Waals surface area contributed by atoms with Gasteiger partial charge >= 0.3 is 0 Å². The molecular weight excluding hydrogens is 368 g/mol. The van der Waals surface area contributed by atoms with Crippen molar-refractivity contribution < 1.29 is 19.4 Å². The highest BCUT2D eigenvalue weighted by Gasteiger charge is 2.27. The Kier molecular flexibility index (Phi) is 5.90. The van der Waals surface area contributed by atoms with Gasteiger partial charge in [-0.25, -0.2) is 0 Å². The number of hydrogen-bond donors (Lipinski definition) is 1. The third-order valence-electron chi connectivity index (χ3n) is 5.49. The van der Waals surface area contributed by atoms with Crippen LogP contribution in [0.25, 0.3) is 0 Å². The summed E-state index contributed by atoms with van der Waals surface area (Å²) in [4.78, 5) is 17.0. The Hall–Kier alpha value is -2.73. The average molecular weight is 396 g/mol. The first-order valence-corrected chi connectivity index (χ1v) is 10.3. The number of β-amino-alcohol motifs (C(OH)–C–C–N with tert-alkyl or cyclic N) is 1. The van der Waals surface area contributed by atoms with Gasteiger partial charge in [-0.3, -0.25) is 4.79 Å². The third kappa shape index (κ3) is 4.48. The molecule has 6 nitrogen and oxygen atoms in total. The van der Waals surface area contributed by atoms with Crippen molar-refractivity contribution in [1.82, 2.24) is 4.90 Å². The second kappa shape index (κ2) is 8.74. The van der Waals surface area contributed by atoms with Crippen LogP contribution in [-0.4, -0.2) is 41.9 Å². The number of aliphatic hydroxyl groups is 1. The van der Waals surface area contributed by atoms with Crippen LogP contribution in [0.5, 0.6) is 11.5 Å². The molecule has 6 heteroatoms. The predicted octanol–water partition coefficient (Wildman–Crippen LogP) is 3.32. The molecule has 2 heterocycles. The maximum absolute atomic E-state index is 13.0. The molecule has 0 aliphatic carbocycles. The zero-order valence-electron chi connectivity index (χ0n) is 16.8. The summed E-state index contributed by atoms with van der Waals surface area (Å²) in [6, 6.07) is 14.0. The topological polar surface area (TPSA) is 62.2 Å². The lowest BCUT2D eigenvalue weighted by molar-refractivity contribution is -0.132. The quantitative estimate of drug-likeness (QED) is 0.812. The van der Waals surface area contributed by atoms with Crippen molar-refractivity contribution in [2.75, 3.05) is 24.8 Å². The van der Waals surface area contributed by atoms with Gasteiger partial charge in [0.2, 0.25) is 12.7 Å². The molecule has 1 amide bonds. The second-order valence-corrected chi connectivity index (χ2v) is 7.71. The zero-order valence-corrected chi connectivity index (χ0v) is 16.8. The summed E-state index contributed by atoms with van der Waals surface area (Å²) >= 11 is 0. The van der Waals surface area contributed by atoms with Crippen molar-refractivity contribution in [1.29, 1.82) is 0 Å². The van der Waals surface area contributed by atoms with Gasteiger partial charge in [0.1, 0.15) is 0 Å². The lowest BCUT2D eigenvalue weighted by atomic mass is 10.0. The van der Waals surface area contributed by atoms with E-state index in [1.165, 1.54) is 0 Å². The fraction of sp³-hybridized carbons (Fsp3) is 0.435. The molecular formula is C23H28N2O4. The highest BCUT2D eigenvalue weighted by Crippen LogP contribution is 2.40. The van der Waals surface area contributed by atoms with E-state index in [-0.39, 0.29) is 12.7 Å². The molecule has 2 aromatic rings. The molecule has 154 valence electrons. The van der Waals surface area contributed by atoms with Crippen molar-refractivity contribution >= 4 is 11.6 Å². The number of amides is 1. The molecule has 2 aromatic carbocycles. The summed E-state index contributed by atoms with van der Waals surface area (Å²) in [5.74, 6) is 1.55. The smallest absolute Gasteiger partial charge is 0.231 e. The van der Waals surface area contributed by atoms with Gasteiger partial charge in [0.15, 0.2) is 11.5 Å². The highest BCUT2D eigenvalue weighted by atomic mass is 16.7. The van der Waals surface area contributed by atoms with Gasteiger partial charge in [-0.15, -0.1) is 0 Å². The largest absolute Gasteiger partial charge is 0.454 e. The van der Waals surface area contributed by atoms with Gasteiger partial charge in [-0.05, 0) is 23.6 Å². The van der Waals surface area contributed by atoms with Crippen LogP contribution in [-0.2, 0) is 17.9 Å². The molecule has 2 aliphatic heterocycles. The van der Waals surface area contributed by atoms with E-state index >= 15 is 0 Å². The van der Waals surface area contributed by atoms with Gasteiger partial charge in [0.25, 0.3) is 0 Å². The number of rotatable bonds is 6. The van der Waals surface area contributed by atoms with Gasteiger partial charge in [-0.2, -0.15) is 0 Å². The summed E-state index contributed by atoms with van der Waals surface area (Å²) in [5.41, 5.74) is 3.14. The standard InChI is InChI=1S/C23H28N2O4/c1-2-6-19(26)15-24-10-9-23(27)25(13-17-7-4-3-5-8-17)14-18-11-21-22(12-20(18)24)29-16-28-21/h3-5,7-8,11-12,19,26H,2,6,9-10,13-16H2,1H3. The first kappa shape index (κ1) is 19.6. The molecule has 2 aliphatic rings. The Labute approximate surface area is 171 Å². The average Bonchev–Trinajstić information content (AvgIpc) is 3.17. The van der Waals surface area contributed by atoms with Gasteiger partial charge in [-0.1, -0.05) is 43.7 Å². The summed E-state index contributed by atoms with van der Waals surface area (Å²) in [6.45, 7) is 4.42. The van der Waals surface area contributed by atoms with Crippen molar-refractivity contribution in [2.45, 2.75) is 45.4 Å². The number of anilines is 1. The lowest BCUT2D eigenvalue weighted by Crippen LogP contribution is -2.40. The Balaban J connectivity index is 1.65. The monoisotopic (exact) mass is 396 g/mol. The van der Waals surface area contributed by atoms with E-state index in [9.17, 15) is 9.90 Å². The number of hydrogen-bond acceptors (Lipinski definition) is 5. The van der Waals surface area contributed by atoms with E-state index in [1.807, 2.05) is 47.4 Å². The molecule has 1 N–H and O–H groups in total. The minimum absolute atomic E-state index is 0.118. The molecule has 0 spiro atoms. The molecule has 1 unspecified atom stereocenters. The maximum Gasteiger partial charge on any atom is 0.231 e. The normalized spacial score (nSPS) is 17.0. The van der Waals surface area contributed by atoms with Crippen molar-refractivity contribution in [3.05, 3.63) is 53.6 Å². The Morgan fingerprint density at radius 2 is 1.86 bits per heavy atom. The summed E-state index contributed by atoms with van der Waals surface area (Å²) in [7, 11) is 0. The van der Waals surface area contributed by atoms with Crippen LogP contribution >= 0.6 is 0 Å². The molecule has 4 rings (SSSR count). The van der Waals surface area contributed by atoms with Crippen LogP contribution in [0.4, 0.5) is 5.69 Å². The van der Waals surface area contributed by atoms with Crippen LogP contribution in [0, 0.1) is 0 Å². The van der Waals surface area contributed by atoms with Crippen LogP contribution < -0.4 is 14.4 Å². The Morgan fingerprint density at radius 1 is 1.10 bits per heavy atom. The third-order valence-corrected chi connectivity index (χ3v) is 5.49. The summed E-state index contributed by atoms with van der Waals surface area (Å²) in [6.07, 6.45) is 1.66. The molecule has 29 heavy (non-hydrogen) atoms. The molecule has 0 bridgehead atoms. The molecule has 0 fully saturated rings. The number of carbonyl (C=O) groups excluding carboxylic acids is 1. The SMILES string of the molecule is CCCC(O)CN1CCC(=O)N(Cc2ccccc2)Cc2cc3c(cc21)OCO3. The molecule has 0 radical (unpaired) electrons. The van der Waals surface area contributed by atoms with E-state index in [0.29, 0.717) is 38.3 Å². The second-order valence-electron chi connectivity index (χ2n) is 7.71. The van der Waals surface area contributed by atoms with Crippen LogP contribution in [0.15, 0.2) is 42.5 Å². The van der Waals surface area contributed by atoms with Gasteiger partial charge in [0, 0.05) is 44.4 Å². The van der Waals surface area contributed by atoms with Gasteiger partial charge < -0.3 is 24.4 Å². The van der Waals surface area contributed by atoms with Gasteiger partial charge in [0.05, 0.1) is 6.10 Å².